The van der Waals surface area contributed by atoms with Gasteiger partial charge in [0.25, 0.3) is 0 Å². The van der Waals surface area contributed by atoms with Crippen LogP contribution in [0.1, 0.15) is 13.3 Å². The summed E-state index contributed by atoms with van der Waals surface area (Å²) < 4.78 is 12.0. The molecule has 0 spiro atoms. The fourth-order valence-electron chi connectivity index (χ4n) is 2.94. The number of morpholine rings is 1. The fourth-order valence-corrected chi connectivity index (χ4v) is 2.94. The zero-order valence-corrected chi connectivity index (χ0v) is 13.9. The zero-order chi connectivity index (χ0) is 16.9. The molecule has 2 heterocycles. The summed E-state index contributed by atoms with van der Waals surface area (Å²) >= 11 is 0. The first-order valence-corrected chi connectivity index (χ1v) is 8.32. The highest BCUT2D eigenvalue weighted by atomic mass is 16.5. The van der Waals surface area contributed by atoms with E-state index in [1.807, 2.05) is 18.2 Å². The van der Waals surface area contributed by atoms with Gasteiger partial charge in [-0.15, -0.1) is 0 Å². The Labute approximate surface area is 140 Å². The number of rotatable bonds is 6. The molecule has 1 atom stereocenters. The summed E-state index contributed by atoms with van der Waals surface area (Å²) in [5, 5.41) is 2.94. The maximum absolute atomic E-state index is 12.1. The molecule has 1 unspecified atom stereocenters. The van der Waals surface area contributed by atoms with Crippen LogP contribution >= 0.6 is 0 Å². The second-order valence-corrected chi connectivity index (χ2v) is 6.04. The van der Waals surface area contributed by atoms with Crippen LogP contribution in [0.2, 0.25) is 0 Å². The highest BCUT2D eigenvalue weighted by Gasteiger charge is 2.17. The van der Waals surface area contributed by atoms with Gasteiger partial charge in [0.05, 0.1) is 18.7 Å². The first-order chi connectivity index (χ1) is 11.6. The molecule has 7 nitrogen and oxygen atoms in total. The van der Waals surface area contributed by atoms with Crippen LogP contribution in [0.3, 0.4) is 0 Å². The molecule has 1 aliphatic rings. The molecule has 1 aromatic heterocycles. The van der Waals surface area contributed by atoms with Crippen molar-refractivity contribution >= 4 is 17.0 Å². The minimum Gasteiger partial charge on any atom is -0.408 e. The maximum atomic E-state index is 12.1. The molecule has 1 fully saturated rings. The predicted octanol–water partition coefficient (Wildman–Crippen LogP) is 0.821. The lowest BCUT2D eigenvalue weighted by Crippen LogP contribution is -2.47. The molecule has 7 heteroatoms. The first-order valence-electron chi connectivity index (χ1n) is 8.32. The number of nitrogens with one attached hydrogen (secondary N) is 1. The van der Waals surface area contributed by atoms with Crippen LogP contribution in [0.25, 0.3) is 11.1 Å². The summed E-state index contributed by atoms with van der Waals surface area (Å²) in [5.74, 6) is -0.488. The maximum Gasteiger partial charge on any atom is 0.419 e. The quantitative estimate of drug-likeness (QED) is 0.847. The Bertz CT molecular complexity index is 746. The zero-order valence-electron chi connectivity index (χ0n) is 13.9. The van der Waals surface area contributed by atoms with Gasteiger partial charge >= 0.3 is 5.76 Å². The lowest BCUT2D eigenvalue weighted by atomic mass is 10.2. The van der Waals surface area contributed by atoms with E-state index < -0.39 is 5.76 Å². The van der Waals surface area contributed by atoms with Gasteiger partial charge in [-0.1, -0.05) is 12.1 Å². The Kier molecular flexibility index (Phi) is 5.32. The monoisotopic (exact) mass is 333 g/mol. The third kappa shape index (κ3) is 3.85. The number of ether oxygens (including phenoxy) is 1. The molecule has 0 radical (unpaired) electrons. The molecule has 0 saturated carbocycles. The first kappa shape index (κ1) is 16.7. The molecule has 1 aliphatic heterocycles. The Morgan fingerprint density at radius 3 is 2.83 bits per heavy atom. The number of benzene rings is 1. The molecule has 2 aromatic rings. The summed E-state index contributed by atoms with van der Waals surface area (Å²) in [4.78, 5) is 26.2. The Balaban J connectivity index is 1.50. The minimum absolute atomic E-state index is 0.0627. The van der Waals surface area contributed by atoms with Crippen molar-refractivity contribution in [3.63, 3.8) is 0 Å². The van der Waals surface area contributed by atoms with E-state index >= 15 is 0 Å². The van der Waals surface area contributed by atoms with E-state index in [0.29, 0.717) is 18.7 Å². The normalized spacial score (nSPS) is 17.0. The highest BCUT2D eigenvalue weighted by Crippen LogP contribution is 2.12. The van der Waals surface area contributed by atoms with Gasteiger partial charge < -0.3 is 14.5 Å². The summed E-state index contributed by atoms with van der Waals surface area (Å²) in [6.45, 7) is 6.29. The van der Waals surface area contributed by atoms with Crippen molar-refractivity contribution < 1.29 is 13.9 Å². The van der Waals surface area contributed by atoms with Gasteiger partial charge in [-0.05, 0) is 19.1 Å². The van der Waals surface area contributed by atoms with Gasteiger partial charge in [0.1, 0.15) is 0 Å². The van der Waals surface area contributed by atoms with E-state index in [1.165, 1.54) is 4.57 Å². The Morgan fingerprint density at radius 2 is 2.04 bits per heavy atom. The molecule has 0 aliphatic carbocycles. The number of carbonyl (C=O) groups is 1. The molecular formula is C17H23N3O4. The van der Waals surface area contributed by atoms with Crippen molar-refractivity contribution in [2.45, 2.75) is 25.9 Å². The number of para-hydroxylation sites is 2. The van der Waals surface area contributed by atoms with Crippen molar-refractivity contribution in [1.29, 1.82) is 0 Å². The largest absolute Gasteiger partial charge is 0.419 e. The van der Waals surface area contributed by atoms with Crippen LogP contribution in [0, 0.1) is 0 Å². The van der Waals surface area contributed by atoms with Gasteiger partial charge in [0.2, 0.25) is 5.91 Å². The lowest BCUT2D eigenvalue weighted by molar-refractivity contribution is -0.121. The number of fused-ring (bicyclic) bond motifs is 1. The van der Waals surface area contributed by atoms with Crippen LogP contribution in [0.4, 0.5) is 0 Å². The minimum atomic E-state index is -0.425. The Hall–Kier alpha value is -2.12. The van der Waals surface area contributed by atoms with E-state index in [4.69, 9.17) is 9.15 Å². The third-order valence-electron chi connectivity index (χ3n) is 4.40. The molecule has 1 N–H and O–H groups in total. The van der Waals surface area contributed by atoms with Crippen LogP contribution in [-0.4, -0.2) is 54.3 Å². The van der Waals surface area contributed by atoms with Gasteiger partial charge in [-0.3, -0.25) is 14.3 Å². The standard InChI is InChI=1S/C17H23N3O4/c1-13(19-8-10-23-11-9-19)12-18-16(21)6-7-20-14-4-2-3-5-15(14)24-17(20)22/h2-5,13H,6-12H2,1H3,(H,18,21). The predicted molar refractivity (Wildman–Crippen MR) is 90.0 cm³/mol. The van der Waals surface area contributed by atoms with Crippen molar-refractivity contribution in [3.05, 3.63) is 34.8 Å². The number of hydrogen-bond acceptors (Lipinski definition) is 5. The van der Waals surface area contributed by atoms with Gasteiger partial charge in [-0.25, -0.2) is 4.79 Å². The van der Waals surface area contributed by atoms with E-state index in [9.17, 15) is 9.59 Å². The fraction of sp³-hybridized carbons (Fsp3) is 0.529. The summed E-state index contributed by atoms with van der Waals surface area (Å²) in [6, 6.07) is 7.50. The van der Waals surface area contributed by atoms with Crippen molar-refractivity contribution in [2.75, 3.05) is 32.8 Å². The van der Waals surface area contributed by atoms with E-state index in [0.717, 1.165) is 31.8 Å². The number of oxazole rings is 1. The molecule has 130 valence electrons. The van der Waals surface area contributed by atoms with Gasteiger partial charge in [-0.2, -0.15) is 0 Å². The lowest BCUT2D eigenvalue weighted by Gasteiger charge is -2.32. The van der Waals surface area contributed by atoms with Crippen molar-refractivity contribution in [3.8, 4) is 0 Å². The molecule has 3 rings (SSSR count). The van der Waals surface area contributed by atoms with Crippen molar-refractivity contribution in [1.82, 2.24) is 14.8 Å². The molecule has 1 saturated heterocycles. The van der Waals surface area contributed by atoms with Crippen LogP contribution in [0.15, 0.2) is 33.5 Å². The van der Waals surface area contributed by atoms with Crippen molar-refractivity contribution in [2.24, 2.45) is 0 Å². The molecule has 0 bridgehead atoms. The average molecular weight is 333 g/mol. The van der Waals surface area contributed by atoms with E-state index in [1.54, 1.807) is 6.07 Å². The van der Waals surface area contributed by atoms with Crippen LogP contribution < -0.4 is 11.1 Å². The summed E-state index contributed by atoms with van der Waals surface area (Å²) in [6.07, 6.45) is 0.249. The molecule has 1 aromatic carbocycles. The molecule has 1 amide bonds. The Morgan fingerprint density at radius 1 is 1.29 bits per heavy atom. The number of aromatic nitrogens is 1. The summed E-state index contributed by atoms with van der Waals surface area (Å²) in [7, 11) is 0. The number of nitrogens with zero attached hydrogens (tertiary/aromatic N) is 2. The topological polar surface area (TPSA) is 76.7 Å². The average Bonchev–Trinajstić information content (AvgIpc) is 2.93. The number of carbonyl (C=O) groups excluding carboxylic acids is 1. The molecular weight excluding hydrogens is 310 g/mol. The van der Waals surface area contributed by atoms with E-state index in [2.05, 4.69) is 17.1 Å². The van der Waals surface area contributed by atoms with E-state index in [-0.39, 0.29) is 18.4 Å². The smallest absolute Gasteiger partial charge is 0.408 e. The third-order valence-corrected chi connectivity index (χ3v) is 4.40. The number of hydrogen-bond donors (Lipinski definition) is 1. The second kappa shape index (κ2) is 7.63. The van der Waals surface area contributed by atoms with Crippen LogP contribution in [-0.2, 0) is 16.1 Å². The highest BCUT2D eigenvalue weighted by molar-refractivity contribution is 5.76. The number of amides is 1. The SMILES string of the molecule is CC(CNC(=O)CCn1c(=O)oc2ccccc21)N1CCOCC1. The van der Waals surface area contributed by atoms with Gasteiger partial charge in [0, 0.05) is 38.6 Å². The number of aryl methyl sites for hydroxylation is 1. The van der Waals surface area contributed by atoms with Gasteiger partial charge in [0.15, 0.2) is 5.58 Å². The van der Waals surface area contributed by atoms with Crippen LogP contribution in [0.5, 0.6) is 0 Å². The summed E-state index contributed by atoms with van der Waals surface area (Å²) in [5.41, 5.74) is 1.26. The second-order valence-electron chi connectivity index (χ2n) is 6.04. The molecule has 24 heavy (non-hydrogen) atoms.